The van der Waals surface area contributed by atoms with Gasteiger partial charge in [0, 0.05) is 24.9 Å². The molecule has 0 saturated heterocycles. The molecule has 1 aromatic heterocycles. The van der Waals surface area contributed by atoms with E-state index in [1.807, 2.05) is 0 Å². The Kier molecular flexibility index (Phi) is 4.34. The third-order valence-electron chi connectivity index (χ3n) is 3.77. The fraction of sp³-hybridized carbons (Fsp3) is 0.400. The summed E-state index contributed by atoms with van der Waals surface area (Å²) in [6.45, 7) is 3.45. The van der Waals surface area contributed by atoms with Crippen LogP contribution in [0.15, 0.2) is 21.8 Å². The Morgan fingerprint density at radius 3 is 2.73 bits per heavy atom. The van der Waals surface area contributed by atoms with Crippen molar-refractivity contribution in [1.29, 1.82) is 0 Å². The first-order chi connectivity index (χ1) is 12.1. The molecule has 2 amide bonds. The van der Waals surface area contributed by atoms with E-state index in [0.29, 0.717) is 0 Å². The highest BCUT2D eigenvalue weighted by Crippen LogP contribution is 2.29. The normalized spacial score (nSPS) is 16.2. The number of benzene rings is 1. The summed E-state index contributed by atoms with van der Waals surface area (Å²) in [5, 5.41) is 12.1. The first-order valence-corrected chi connectivity index (χ1v) is 9.31. The van der Waals surface area contributed by atoms with E-state index in [9.17, 15) is 17.6 Å². The van der Waals surface area contributed by atoms with E-state index in [4.69, 9.17) is 9.36 Å². The summed E-state index contributed by atoms with van der Waals surface area (Å²) in [5.74, 6) is -1.24. The molecular weight excluding hydrogens is 367 g/mol. The molecule has 1 aromatic carbocycles. The van der Waals surface area contributed by atoms with Crippen molar-refractivity contribution in [2.75, 3.05) is 12.4 Å². The molecule has 26 heavy (non-hydrogen) atoms. The maximum absolute atomic E-state index is 14.2. The number of rotatable bonds is 3. The van der Waals surface area contributed by atoms with Crippen LogP contribution in [0.25, 0.3) is 11.0 Å². The minimum atomic E-state index is -3.79. The number of amides is 2. The maximum atomic E-state index is 14.2. The van der Waals surface area contributed by atoms with Gasteiger partial charge in [-0.25, -0.2) is 17.6 Å². The Bertz CT molecular complexity index is 1010. The van der Waals surface area contributed by atoms with Gasteiger partial charge in [0.15, 0.2) is 10.6 Å². The van der Waals surface area contributed by atoms with E-state index in [2.05, 4.69) is 20.9 Å². The molecule has 0 aliphatic carbocycles. The number of urea groups is 1. The van der Waals surface area contributed by atoms with Gasteiger partial charge in [-0.3, -0.25) is 0 Å². The molecule has 9 nitrogen and oxygen atoms in total. The first-order valence-electron chi connectivity index (χ1n) is 7.66. The lowest BCUT2D eigenvalue weighted by molar-refractivity contribution is 0.0123. The van der Waals surface area contributed by atoms with Gasteiger partial charge in [-0.05, 0) is 19.9 Å². The van der Waals surface area contributed by atoms with Crippen molar-refractivity contribution in [3.05, 3.63) is 23.6 Å². The molecule has 2 N–H and O–H groups in total. The van der Waals surface area contributed by atoms with Gasteiger partial charge >= 0.3 is 6.03 Å². The van der Waals surface area contributed by atoms with E-state index in [1.54, 1.807) is 13.8 Å². The number of anilines is 1. The number of hydrogen-bond acceptors (Lipinski definition) is 7. The molecule has 11 heteroatoms. The average Bonchev–Trinajstić information content (AvgIpc) is 3.11. The largest absolute Gasteiger partial charge is 0.389 e. The van der Waals surface area contributed by atoms with Gasteiger partial charge in [0.05, 0.1) is 5.69 Å². The monoisotopic (exact) mass is 384 g/mol. The first kappa shape index (κ1) is 18.1. The van der Waals surface area contributed by atoms with Gasteiger partial charge in [0.2, 0.25) is 9.84 Å². The lowest BCUT2D eigenvalue weighted by Gasteiger charge is -2.13. The van der Waals surface area contributed by atoms with Crippen molar-refractivity contribution in [3.8, 4) is 0 Å². The van der Waals surface area contributed by atoms with Crippen molar-refractivity contribution < 1.29 is 27.0 Å². The second kappa shape index (κ2) is 6.24. The Morgan fingerprint density at radius 2 is 2.12 bits per heavy atom. The Morgan fingerprint density at radius 1 is 1.38 bits per heavy atom. The summed E-state index contributed by atoms with van der Waals surface area (Å²) in [7, 11) is -2.40. The number of nitrogens with zero attached hydrogens (tertiary/aromatic N) is 2. The molecule has 2 heterocycles. The molecule has 0 saturated carbocycles. The van der Waals surface area contributed by atoms with Gasteiger partial charge in [0.1, 0.15) is 22.9 Å². The molecular formula is C15H17FN4O5S. The second-order valence-electron chi connectivity index (χ2n) is 6.43. The van der Waals surface area contributed by atoms with Crippen molar-refractivity contribution in [1.82, 2.24) is 10.5 Å². The van der Waals surface area contributed by atoms with Crippen molar-refractivity contribution in [2.24, 2.45) is 5.16 Å². The molecule has 2 aromatic rings. The second-order valence-corrected chi connectivity index (χ2v) is 8.42. The van der Waals surface area contributed by atoms with Crippen LogP contribution in [0.1, 0.15) is 26.0 Å². The molecule has 140 valence electrons. The number of nitrogens with one attached hydrogen (secondary N) is 2. The molecule has 1 aliphatic heterocycles. The number of fused-ring (bicyclic) bond motifs is 1. The number of carbonyl (C=O) groups excluding carboxylic acids is 1. The standard InChI is InChI=1S/C15H17FN4O5S/c1-15(2)6-13(20-25-15)26(22,23)7-11-8-4-9(16)10(18-14(21)17-3)5-12(8)24-19-11/h4-5H,6-7H2,1-3H3,(H2,17,18,21). The van der Waals surface area contributed by atoms with E-state index < -0.39 is 33.0 Å². The van der Waals surface area contributed by atoms with Gasteiger partial charge < -0.3 is 20.0 Å². The predicted molar refractivity (Wildman–Crippen MR) is 91.9 cm³/mol. The van der Waals surface area contributed by atoms with E-state index in [0.717, 1.165) is 6.07 Å². The van der Waals surface area contributed by atoms with E-state index in [-0.39, 0.29) is 33.8 Å². The SMILES string of the molecule is CNC(=O)Nc1cc2onc(CS(=O)(=O)C3=NOC(C)(C)C3)c2cc1F. The van der Waals surface area contributed by atoms with Gasteiger partial charge in [-0.15, -0.1) is 0 Å². The highest BCUT2D eigenvalue weighted by atomic mass is 32.2. The van der Waals surface area contributed by atoms with E-state index >= 15 is 0 Å². The molecule has 1 aliphatic rings. The minimum Gasteiger partial charge on any atom is -0.389 e. The van der Waals surface area contributed by atoms with Crippen LogP contribution in [0.2, 0.25) is 0 Å². The smallest absolute Gasteiger partial charge is 0.319 e. The lowest BCUT2D eigenvalue weighted by atomic mass is 10.1. The zero-order valence-corrected chi connectivity index (χ0v) is 15.1. The van der Waals surface area contributed by atoms with Crippen LogP contribution in [0.5, 0.6) is 0 Å². The molecule has 0 spiro atoms. The number of oxime groups is 1. The Balaban J connectivity index is 1.90. The van der Waals surface area contributed by atoms with Crippen molar-refractivity contribution in [2.45, 2.75) is 31.6 Å². The van der Waals surface area contributed by atoms with Crippen LogP contribution in [0.4, 0.5) is 14.9 Å². The molecule has 0 radical (unpaired) electrons. The van der Waals surface area contributed by atoms with Crippen LogP contribution >= 0.6 is 0 Å². The zero-order valence-electron chi connectivity index (χ0n) is 14.3. The Labute approximate surface area is 148 Å². The number of sulfone groups is 1. The highest BCUT2D eigenvalue weighted by molar-refractivity contribution is 8.05. The quantitative estimate of drug-likeness (QED) is 0.836. The Hall–Kier alpha value is -2.69. The van der Waals surface area contributed by atoms with Crippen molar-refractivity contribution in [3.63, 3.8) is 0 Å². The van der Waals surface area contributed by atoms with E-state index in [1.165, 1.54) is 13.1 Å². The molecule has 0 fully saturated rings. The molecule has 3 rings (SSSR count). The van der Waals surface area contributed by atoms with Crippen molar-refractivity contribution >= 4 is 37.6 Å². The van der Waals surface area contributed by atoms with Gasteiger partial charge in [0.25, 0.3) is 0 Å². The molecule has 0 unspecified atom stereocenters. The third-order valence-corrected chi connectivity index (χ3v) is 5.36. The molecule has 0 bridgehead atoms. The maximum Gasteiger partial charge on any atom is 0.319 e. The lowest BCUT2D eigenvalue weighted by Crippen LogP contribution is -2.24. The fourth-order valence-electron chi connectivity index (χ4n) is 2.43. The number of hydrogen-bond donors (Lipinski definition) is 2. The van der Waals surface area contributed by atoms with Crippen LogP contribution in [-0.4, -0.2) is 37.3 Å². The molecule has 0 atom stereocenters. The summed E-state index contributed by atoms with van der Waals surface area (Å²) >= 11 is 0. The topological polar surface area (TPSA) is 123 Å². The highest BCUT2D eigenvalue weighted by Gasteiger charge is 2.36. The average molecular weight is 384 g/mol. The summed E-state index contributed by atoms with van der Waals surface area (Å²) in [4.78, 5) is 16.4. The summed E-state index contributed by atoms with van der Waals surface area (Å²) < 4.78 is 44.3. The van der Waals surface area contributed by atoms with Crippen LogP contribution in [-0.2, 0) is 20.4 Å². The van der Waals surface area contributed by atoms with Gasteiger partial charge in [-0.1, -0.05) is 10.3 Å². The minimum absolute atomic E-state index is 0.0535. The van der Waals surface area contributed by atoms with Crippen LogP contribution in [0, 0.1) is 5.82 Å². The predicted octanol–water partition coefficient (Wildman–Crippen LogP) is 2.15. The zero-order chi connectivity index (χ0) is 19.1. The van der Waals surface area contributed by atoms with Crippen LogP contribution in [0.3, 0.4) is 0 Å². The van der Waals surface area contributed by atoms with Crippen LogP contribution < -0.4 is 10.6 Å². The number of aromatic nitrogens is 1. The summed E-state index contributed by atoms with van der Waals surface area (Å²) in [6.07, 6.45) is 0.139. The summed E-state index contributed by atoms with van der Waals surface area (Å²) in [5.41, 5.74) is -0.607. The van der Waals surface area contributed by atoms with Gasteiger partial charge in [-0.2, -0.15) is 0 Å². The number of carbonyl (C=O) groups is 1. The third kappa shape index (κ3) is 3.47. The fourth-order valence-corrected chi connectivity index (χ4v) is 3.88. The summed E-state index contributed by atoms with van der Waals surface area (Å²) in [6, 6.07) is 1.70. The number of halogens is 1.